The molecule has 1 unspecified atom stereocenters. The van der Waals surface area contributed by atoms with Gasteiger partial charge in [0.25, 0.3) is 5.91 Å². The summed E-state index contributed by atoms with van der Waals surface area (Å²) in [5.74, 6) is -1.96. The van der Waals surface area contributed by atoms with Gasteiger partial charge in [-0.25, -0.2) is 4.79 Å². The van der Waals surface area contributed by atoms with Crippen molar-refractivity contribution in [1.82, 2.24) is 9.80 Å². The molecule has 0 aromatic carbocycles. The predicted octanol–water partition coefficient (Wildman–Crippen LogP) is 2.64. The molecule has 1 aromatic heterocycles. The molecular formula is C20H27F3N2O5S. The highest BCUT2D eigenvalue weighted by molar-refractivity contribution is 7.12. The molecule has 0 saturated carbocycles. The number of ether oxygens (including phenoxy) is 2. The molecule has 0 radical (unpaired) electrons. The molecule has 1 N–H and O–H groups in total. The number of hydrogen-bond acceptors (Lipinski definition) is 6. The zero-order valence-corrected chi connectivity index (χ0v) is 18.1. The largest absolute Gasteiger partial charge is 0.490 e. The number of aryl methyl sites for hydroxylation is 1. The van der Waals surface area contributed by atoms with Crippen molar-refractivity contribution >= 4 is 23.2 Å². The van der Waals surface area contributed by atoms with E-state index in [-0.39, 0.29) is 11.5 Å². The van der Waals surface area contributed by atoms with Gasteiger partial charge in [-0.05, 0) is 42.7 Å². The highest BCUT2D eigenvalue weighted by Crippen LogP contribution is 2.37. The SMILES string of the molecule is Cc1ccsc1C(=O)N1CC2(CCC(CN3CCOCC3)CO2)C1.O=C(O)C(F)(F)F. The van der Waals surface area contributed by atoms with Gasteiger partial charge in [-0.15, -0.1) is 11.3 Å². The van der Waals surface area contributed by atoms with Crippen molar-refractivity contribution in [2.24, 2.45) is 5.92 Å². The third-order valence-electron chi connectivity index (χ3n) is 5.80. The van der Waals surface area contributed by atoms with Crippen LogP contribution in [-0.2, 0) is 14.3 Å². The van der Waals surface area contributed by atoms with Crippen LogP contribution in [0.5, 0.6) is 0 Å². The number of alkyl halides is 3. The molecule has 7 nitrogen and oxygen atoms in total. The van der Waals surface area contributed by atoms with Gasteiger partial charge in [0.2, 0.25) is 0 Å². The van der Waals surface area contributed by atoms with Crippen LogP contribution in [0.2, 0.25) is 0 Å². The van der Waals surface area contributed by atoms with Crippen molar-refractivity contribution in [3.63, 3.8) is 0 Å². The maximum Gasteiger partial charge on any atom is 0.490 e. The minimum Gasteiger partial charge on any atom is -0.475 e. The third kappa shape index (κ3) is 6.18. The maximum absolute atomic E-state index is 12.5. The van der Waals surface area contributed by atoms with Crippen LogP contribution in [0.25, 0.3) is 0 Å². The number of halogens is 3. The second kappa shape index (κ2) is 9.85. The lowest BCUT2D eigenvalue weighted by molar-refractivity contribution is -0.192. The van der Waals surface area contributed by atoms with Crippen molar-refractivity contribution in [3.05, 3.63) is 21.9 Å². The highest BCUT2D eigenvalue weighted by atomic mass is 32.1. The van der Waals surface area contributed by atoms with Gasteiger partial charge in [0.1, 0.15) is 5.60 Å². The summed E-state index contributed by atoms with van der Waals surface area (Å²) in [5, 5.41) is 9.12. The molecule has 3 aliphatic rings. The van der Waals surface area contributed by atoms with Gasteiger partial charge >= 0.3 is 12.1 Å². The van der Waals surface area contributed by atoms with Crippen LogP contribution in [0.3, 0.4) is 0 Å². The van der Waals surface area contributed by atoms with Gasteiger partial charge < -0.3 is 19.5 Å². The Morgan fingerprint density at radius 1 is 1.29 bits per heavy atom. The molecule has 3 aliphatic heterocycles. The minimum absolute atomic E-state index is 0.0671. The molecule has 1 spiro atoms. The Hall–Kier alpha value is -1.69. The number of amides is 1. The summed E-state index contributed by atoms with van der Waals surface area (Å²) in [6.07, 6.45) is -2.80. The zero-order valence-electron chi connectivity index (χ0n) is 17.3. The van der Waals surface area contributed by atoms with Crippen LogP contribution in [-0.4, -0.2) is 91.1 Å². The van der Waals surface area contributed by atoms with Crippen molar-refractivity contribution in [2.75, 3.05) is 52.5 Å². The van der Waals surface area contributed by atoms with E-state index in [4.69, 9.17) is 19.4 Å². The molecule has 1 atom stereocenters. The van der Waals surface area contributed by atoms with E-state index in [9.17, 15) is 18.0 Å². The Morgan fingerprint density at radius 2 is 1.94 bits per heavy atom. The number of thiophene rings is 1. The average molecular weight is 465 g/mol. The minimum atomic E-state index is -5.08. The van der Waals surface area contributed by atoms with Gasteiger partial charge in [0.05, 0.1) is 37.8 Å². The Balaban J connectivity index is 0.000000339. The molecule has 4 heterocycles. The molecule has 11 heteroatoms. The summed E-state index contributed by atoms with van der Waals surface area (Å²) in [6.45, 7) is 9.28. The first-order chi connectivity index (χ1) is 14.6. The molecule has 4 rings (SSSR count). The topological polar surface area (TPSA) is 79.3 Å². The van der Waals surface area contributed by atoms with Crippen molar-refractivity contribution < 1.29 is 37.3 Å². The van der Waals surface area contributed by atoms with E-state index < -0.39 is 12.1 Å². The molecule has 31 heavy (non-hydrogen) atoms. The Bertz CT molecular complexity index is 763. The van der Waals surface area contributed by atoms with Crippen LogP contribution >= 0.6 is 11.3 Å². The quantitative estimate of drug-likeness (QED) is 0.741. The third-order valence-corrected chi connectivity index (χ3v) is 6.80. The molecule has 3 fully saturated rings. The number of carbonyl (C=O) groups excluding carboxylic acids is 1. The van der Waals surface area contributed by atoms with E-state index in [0.717, 1.165) is 69.4 Å². The fraction of sp³-hybridized carbons (Fsp3) is 0.700. The van der Waals surface area contributed by atoms with Gasteiger partial charge in [-0.2, -0.15) is 13.2 Å². The van der Waals surface area contributed by atoms with Crippen molar-refractivity contribution in [1.29, 1.82) is 0 Å². The molecule has 1 amide bonds. The summed E-state index contributed by atoms with van der Waals surface area (Å²) in [4.78, 5) is 26.7. The van der Waals surface area contributed by atoms with Crippen molar-refractivity contribution in [3.8, 4) is 0 Å². The van der Waals surface area contributed by atoms with E-state index in [1.807, 2.05) is 23.3 Å². The van der Waals surface area contributed by atoms with E-state index in [2.05, 4.69) is 4.90 Å². The Kier molecular flexibility index (Phi) is 7.61. The van der Waals surface area contributed by atoms with Gasteiger partial charge in [-0.3, -0.25) is 9.69 Å². The number of carboxylic acids is 1. The van der Waals surface area contributed by atoms with E-state index in [1.165, 1.54) is 6.42 Å². The van der Waals surface area contributed by atoms with Crippen LogP contribution in [0.4, 0.5) is 13.2 Å². The first-order valence-corrected chi connectivity index (χ1v) is 11.1. The molecule has 174 valence electrons. The molecule has 3 saturated heterocycles. The van der Waals surface area contributed by atoms with Crippen molar-refractivity contribution in [2.45, 2.75) is 31.5 Å². The monoisotopic (exact) mass is 464 g/mol. The molecular weight excluding hydrogens is 437 g/mol. The van der Waals surface area contributed by atoms with E-state index >= 15 is 0 Å². The summed E-state index contributed by atoms with van der Waals surface area (Å²) in [7, 11) is 0. The van der Waals surface area contributed by atoms with Gasteiger partial charge in [-0.1, -0.05) is 0 Å². The summed E-state index contributed by atoms with van der Waals surface area (Å²) < 4.78 is 43.4. The second-order valence-electron chi connectivity index (χ2n) is 8.21. The first-order valence-electron chi connectivity index (χ1n) is 10.2. The maximum atomic E-state index is 12.5. The highest BCUT2D eigenvalue weighted by Gasteiger charge is 2.49. The van der Waals surface area contributed by atoms with Gasteiger partial charge in [0, 0.05) is 19.6 Å². The number of hydrogen-bond donors (Lipinski definition) is 1. The van der Waals surface area contributed by atoms with Gasteiger partial charge in [0.15, 0.2) is 0 Å². The number of nitrogens with zero attached hydrogens (tertiary/aromatic N) is 2. The predicted molar refractivity (Wildman–Crippen MR) is 107 cm³/mol. The van der Waals surface area contributed by atoms with E-state index in [1.54, 1.807) is 11.3 Å². The second-order valence-corrected chi connectivity index (χ2v) is 9.12. The molecule has 1 aromatic rings. The zero-order chi connectivity index (χ0) is 22.6. The number of carboxylic acid groups (broad SMARTS) is 1. The number of carbonyl (C=O) groups is 2. The Morgan fingerprint density at radius 3 is 2.42 bits per heavy atom. The lowest BCUT2D eigenvalue weighted by atomic mass is 9.82. The summed E-state index contributed by atoms with van der Waals surface area (Å²) in [5.41, 5.74) is 1.02. The summed E-state index contributed by atoms with van der Waals surface area (Å²) >= 11 is 1.54. The first kappa shape index (κ1) is 24.0. The standard InChI is InChI=1S/C18H26N2O3S.C2HF3O2/c1-14-3-9-24-16(14)17(21)20-12-18(13-20)4-2-15(11-23-18)10-19-5-7-22-8-6-19;3-2(4,5)1(6)7/h3,9,15H,2,4-8,10-13H2,1H3;(H,6,7). The fourth-order valence-electron chi connectivity index (χ4n) is 3.99. The number of likely N-dealkylation sites (tertiary alicyclic amines) is 1. The van der Waals surface area contributed by atoms with Crippen LogP contribution in [0.15, 0.2) is 11.4 Å². The fourth-order valence-corrected chi connectivity index (χ4v) is 4.88. The smallest absolute Gasteiger partial charge is 0.475 e. The lowest BCUT2D eigenvalue weighted by Gasteiger charge is -2.53. The molecule has 0 aliphatic carbocycles. The Labute approximate surface area is 182 Å². The summed E-state index contributed by atoms with van der Waals surface area (Å²) in [6, 6.07) is 2.01. The normalized spacial score (nSPS) is 23.6. The van der Waals surface area contributed by atoms with Crippen LogP contribution in [0.1, 0.15) is 28.1 Å². The van der Waals surface area contributed by atoms with E-state index in [0.29, 0.717) is 5.92 Å². The number of aliphatic carboxylic acids is 1. The average Bonchev–Trinajstić information content (AvgIpc) is 3.13. The lowest BCUT2D eigenvalue weighted by Crippen LogP contribution is -2.66. The molecule has 0 bridgehead atoms. The van der Waals surface area contributed by atoms with Crippen LogP contribution in [0, 0.1) is 12.8 Å². The number of morpholine rings is 1. The van der Waals surface area contributed by atoms with Crippen LogP contribution < -0.4 is 0 Å². The number of rotatable bonds is 3.